The van der Waals surface area contributed by atoms with Crippen molar-refractivity contribution in [1.29, 1.82) is 0 Å². The summed E-state index contributed by atoms with van der Waals surface area (Å²) in [4.78, 5) is 11.5. The van der Waals surface area contributed by atoms with Crippen LogP contribution in [0.1, 0.15) is 17.3 Å². The van der Waals surface area contributed by atoms with E-state index in [1.54, 1.807) is 43.5 Å². The van der Waals surface area contributed by atoms with E-state index in [0.717, 1.165) is 11.1 Å². The smallest absolute Gasteiger partial charge is 0.159 e. The summed E-state index contributed by atoms with van der Waals surface area (Å²) in [6.07, 6.45) is 0. The van der Waals surface area contributed by atoms with Gasteiger partial charge in [-0.3, -0.25) is 4.79 Å². The molecule has 0 saturated carbocycles. The van der Waals surface area contributed by atoms with Gasteiger partial charge < -0.3 is 4.74 Å². The fraction of sp³-hybridized carbons (Fsp3) is 0.133. The predicted octanol–water partition coefficient (Wildman–Crippen LogP) is 4.87. The number of benzene rings is 2. The first kappa shape index (κ1) is 13.9. The number of rotatable bonds is 3. The van der Waals surface area contributed by atoms with Gasteiger partial charge in [0.1, 0.15) is 5.75 Å². The van der Waals surface area contributed by atoms with E-state index in [-0.39, 0.29) is 5.78 Å². The first-order valence-corrected chi connectivity index (χ1v) is 6.43. The second-order valence-electron chi connectivity index (χ2n) is 4.10. The molecule has 19 heavy (non-hydrogen) atoms. The first-order valence-electron chi connectivity index (χ1n) is 5.67. The maximum atomic E-state index is 11.5. The van der Waals surface area contributed by atoms with Crippen molar-refractivity contribution in [1.82, 2.24) is 0 Å². The van der Waals surface area contributed by atoms with E-state index in [2.05, 4.69) is 0 Å². The number of methoxy groups -OCH3 is 1. The lowest BCUT2D eigenvalue weighted by Gasteiger charge is -2.11. The highest BCUT2D eigenvalue weighted by molar-refractivity contribution is 6.34. The van der Waals surface area contributed by atoms with Gasteiger partial charge in [-0.05, 0) is 43.3 Å². The fourth-order valence-electron chi connectivity index (χ4n) is 1.84. The highest BCUT2D eigenvalue weighted by Crippen LogP contribution is 2.37. The van der Waals surface area contributed by atoms with Crippen LogP contribution in [0.25, 0.3) is 11.1 Å². The van der Waals surface area contributed by atoms with Crippen LogP contribution in [0.5, 0.6) is 5.75 Å². The molecule has 0 aliphatic heterocycles. The Balaban J connectivity index is 2.67. The van der Waals surface area contributed by atoms with Crippen molar-refractivity contribution in [2.45, 2.75) is 6.92 Å². The Morgan fingerprint density at radius 2 is 1.79 bits per heavy atom. The Labute approximate surface area is 121 Å². The summed E-state index contributed by atoms with van der Waals surface area (Å²) in [7, 11) is 1.58. The zero-order valence-corrected chi connectivity index (χ0v) is 12.0. The SMILES string of the molecule is COc1ccc(Cl)cc1-c1cc(C(C)=O)ccc1Cl. The van der Waals surface area contributed by atoms with Crippen molar-refractivity contribution in [2.75, 3.05) is 7.11 Å². The monoisotopic (exact) mass is 294 g/mol. The molecule has 2 aromatic rings. The number of carbonyl (C=O) groups is 1. The minimum atomic E-state index is -0.0149. The molecule has 0 aliphatic rings. The molecule has 2 aromatic carbocycles. The molecule has 2 rings (SSSR count). The molecule has 0 aromatic heterocycles. The van der Waals surface area contributed by atoms with Crippen LogP contribution in [0, 0.1) is 0 Å². The van der Waals surface area contributed by atoms with E-state index in [0.29, 0.717) is 21.4 Å². The molecule has 0 fully saturated rings. The van der Waals surface area contributed by atoms with Gasteiger partial charge in [0.05, 0.1) is 7.11 Å². The van der Waals surface area contributed by atoms with Crippen LogP contribution in [0.2, 0.25) is 10.0 Å². The summed E-state index contributed by atoms with van der Waals surface area (Å²) in [6.45, 7) is 1.52. The number of hydrogen-bond donors (Lipinski definition) is 0. The van der Waals surface area contributed by atoms with E-state index >= 15 is 0 Å². The van der Waals surface area contributed by atoms with Crippen molar-refractivity contribution >= 4 is 29.0 Å². The summed E-state index contributed by atoms with van der Waals surface area (Å²) in [5.41, 5.74) is 2.10. The maximum Gasteiger partial charge on any atom is 0.159 e. The van der Waals surface area contributed by atoms with Gasteiger partial charge in [0.15, 0.2) is 5.78 Å². The maximum absolute atomic E-state index is 11.5. The predicted molar refractivity (Wildman–Crippen MR) is 78.5 cm³/mol. The third-order valence-corrected chi connectivity index (χ3v) is 3.39. The second kappa shape index (κ2) is 5.64. The zero-order chi connectivity index (χ0) is 14.0. The van der Waals surface area contributed by atoms with Gasteiger partial charge in [0, 0.05) is 26.7 Å². The molecule has 0 atom stereocenters. The van der Waals surface area contributed by atoms with Crippen molar-refractivity contribution < 1.29 is 9.53 Å². The lowest BCUT2D eigenvalue weighted by Crippen LogP contribution is -1.94. The average molecular weight is 295 g/mol. The van der Waals surface area contributed by atoms with Crippen LogP contribution in [0.3, 0.4) is 0 Å². The first-order chi connectivity index (χ1) is 9.02. The van der Waals surface area contributed by atoms with Crippen molar-refractivity contribution in [3.8, 4) is 16.9 Å². The molecule has 0 spiro atoms. The van der Waals surface area contributed by atoms with Crippen LogP contribution >= 0.6 is 23.2 Å². The van der Waals surface area contributed by atoms with Crippen LogP contribution in [-0.2, 0) is 0 Å². The lowest BCUT2D eigenvalue weighted by atomic mass is 10.0. The Kier molecular flexibility index (Phi) is 4.13. The van der Waals surface area contributed by atoms with Crippen LogP contribution < -0.4 is 4.74 Å². The third kappa shape index (κ3) is 2.91. The number of ether oxygens (including phenoxy) is 1. The largest absolute Gasteiger partial charge is 0.496 e. The van der Waals surface area contributed by atoms with Crippen molar-refractivity contribution in [2.24, 2.45) is 0 Å². The quantitative estimate of drug-likeness (QED) is 0.755. The summed E-state index contributed by atoms with van der Waals surface area (Å²) in [5.74, 6) is 0.644. The highest BCUT2D eigenvalue weighted by atomic mass is 35.5. The van der Waals surface area contributed by atoms with Gasteiger partial charge in [-0.1, -0.05) is 23.2 Å². The normalized spacial score (nSPS) is 10.3. The molecule has 0 radical (unpaired) electrons. The topological polar surface area (TPSA) is 26.3 Å². The molecular weight excluding hydrogens is 283 g/mol. The van der Waals surface area contributed by atoms with Gasteiger partial charge >= 0.3 is 0 Å². The Morgan fingerprint density at radius 1 is 1.05 bits per heavy atom. The van der Waals surface area contributed by atoms with Gasteiger partial charge in [-0.25, -0.2) is 0 Å². The highest BCUT2D eigenvalue weighted by Gasteiger charge is 2.12. The zero-order valence-electron chi connectivity index (χ0n) is 10.5. The molecule has 0 unspecified atom stereocenters. The fourth-order valence-corrected chi connectivity index (χ4v) is 2.23. The van der Waals surface area contributed by atoms with Crippen molar-refractivity contribution in [3.05, 3.63) is 52.0 Å². The molecule has 98 valence electrons. The van der Waals surface area contributed by atoms with E-state index in [1.165, 1.54) is 6.92 Å². The summed E-state index contributed by atoms with van der Waals surface area (Å²) in [5, 5.41) is 1.13. The number of hydrogen-bond acceptors (Lipinski definition) is 2. The van der Waals surface area contributed by atoms with Gasteiger partial charge in [-0.15, -0.1) is 0 Å². The standard InChI is InChI=1S/C15H12Cl2O2/c1-9(18)10-3-5-14(17)12(7-10)13-8-11(16)4-6-15(13)19-2/h3-8H,1-2H3. The van der Waals surface area contributed by atoms with E-state index < -0.39 is 0 Å². The number of Topliss-reactive ketones (excluding diaryl/α,β-unsaturated/α-hetero) is 1. The number of carbonyl (C=O) groups excluding carboxylic acids is 1. The summed E-state index contributed by atoms with van der Waals surface area (Å²) in [6, 6.07) is 10.4. The lowest BCUT2D eigenvalue weighted by molar-refractivity contribution is 0.101. The molecule has 2 nitrogen and oxygen atoms in total. The van der Waals surface area contributed by atoms with E-state index in [4.69, 9.17) is 27.9 Å². The van der Waals surface area contributed by atoms with Gasteiger partial charge in [0.2, 0.25) is 0 Å². The van der Waals surface area contributed by atoms with Crippen LogP contribution in [0.15, 0.2) is 36.4 Å². The molecule has 0 saturated heterocycles. The summed E-state index contributed by atoms with van der Waals surface area (Å²) < 4.78 is 5.31. The molecule has 0 heterocycles. The number of halogens is 2. The second-order valence-corrected chi connectivity index (χ2v) is 4.94. The minimum Gasteiger partial charge on any atom is -0.496 e. The Morgan fingerprint density at radius 3 is 2.42 bits per heavy atom. The van der Waals surface area contributed by atoms with Crippen LogP contribution in [-0.4, -0.2) is 12.9 Å². The number of ketones is 1. The summed E-state index contributed by atoms with van der Waals surface area (Å²) >= 11 is 12.2. The molecule has 0 N–H and O–H groups in total. The van der Waals surface area contributed by atoms with Crippen molar-refractivity contribution in [3.63, 3.8) is 0 Å². The molecule has 0 bridgehead atoms. The molecular formula is C15H12Cl2O2. The van der Waals surface area contributed by atoms with Gasteiger partial charge in [0.25, 0.3) is 0 Å². The molecule has 0 aliphatic carbocycles. The van der Waals surface area contributed by atoms with Gasteiger partial charge in [-0.2, -0.15) is 0 Å². The molecule has 4 heteroatoms. The average Bonchev–Trinajstić information content (AvgIpc) is 2.39. The van der Waals surface area contributed by atoms with E-state index in [1.807, 2.05) is 0 Å². The Bertz CT molecular complexity index is 636. The van der Waals surface area contributed by atoms with Crippen LogP contribution in [0.4, 0.5) is 0 Å². The molecule has 0 amide bonds. The van der Waals surface area contributed by atoms with E-state index in [9.17, 15) is 4.79 Å². The minimum absolute atomic E-state index is 0.0149. The Hall–Kier alpha value is -1.51. The third-order valence-electron chi connectivity index (χ3n) is 2.82.